The molecule has 0 aliphatic heterocycles. The van der Waals surface area contributed by atoms with Crippen molar-refractivity contribution in [2.45, 2.75) is 25.9 Å². The van der Waals surface area contributed by atoms with E-state index < -0.39 is 0 Å². The average Bonchev–Trinajstić information content (AvgIpc) is 2.02. The summed E-state index contributed by atoms with van der Waals surface area (Å²) in [7, 11) is 0. The Hall–Kier alpha value is -0.0500. The number of hydrogen-bond donors (Lipinski definition) is 1. The standard InChI is InChI=1S/C10H12BrClO/c1-7(13)2-3-8-4-5-9(12)6-10(8)11/h4-7,13H,2-3H2,1H3. The molecule has 0 spiro atoms. The van der Waals surface area contributed by atoms with Gasteiger partial charge in [0.1, 0.15) is 0 Å². The van der Waals surface area contributed by atoms with Gasteiger partial charge >= 0.3 is 0 Å². The quantitative estimate of drug-likeness (QED) is 0.886. The van der Waals surface area contributed by atoms with E-state index >= 15 is 0 Å². The van der Waals surface area contributed by atoms with Crippen molar-refractivity contribution in [3.63, 3.8) is 0 Å². The van der Waals surface area contributed by atoms with Gasteiger partial charge in [0.15, 0.2) is 0 Å². The summed E-state index contributed by atoms with van der Waals surface area (Å²) < 4.78 is 1.01. The second kappa shape index (κ2) is 4.99. The minimum atomic E-state index is -0.248. The van der Waals surface area contributed by atoms with E-state index in [0.717, 1.165) is 22.3 Å². The molecule has 0 heterocycles. The third kappa shape index (κ3) is 3.67. The molecule has 1 unspecified atom stereocenters. The summed E-state index contributed by atoms with van der Waals surface area (Å²) in [6.07, 6.45) is 1.40. The van der Waals surface area contributed by atoms with Crippen LogP contribution in [0.5, 0.6) is 0 Å². The van der Waals surface area contributed by atoms with Crippen molar-refractivity contribution >= 4 is 27.5 Å². The monoisotopic (exact) mass is 262 g/mol. The van der Waals surface area contributed by atoms with E-state index in [1.54, 1.807) is 6.92 Å². The van der Waals surface area contributed by atoms with Gasteiger partial charge in [0.05, 0.1) is 6.10 Å². The molecule has 72 valence electrons. The first-order valence-electron chi connectivity index (χ1n) is 4.21. The Morgan fingerprint density at radius 1 is 1.54 bits per heavy atom. The van der Waals surface area contributed by atoms with Crippen LogP contribution in [0.3, 0.4) is 0 Å². The fourth-order valence-electron chi connectivity index (χ4n) is 1.09. The number of aliphatic hydroxyl groups excluding tert-OH is 1. The molecule has 1 rings (SSSR count). The summed E-state index contributed by atoms with van der Waals surface area (Å²) in [6, 6.07) is 5.72. The average molecular weight is 264 g/mol. The van der Waals surface area contributed by atoms with Gasteiger partial charge in [-0.3, -0.25) is 0 Å². The van der Waals surface area contributed by atoms with Crippen molar-refractivity contribution in [3.8, 4) is 0 Å². The minimum absolute atomic E-state index is 0.248. The maximum Gasteiger partial charge on any atom is 0.0515 e. The van der Waals surface area contributed by atoms with Crippen LogP contribution in [0.15, 0.2) is 22.7 Å². The summed E-state index contributed by atoms with van der Waals surface area (Å²) in [5, 5.41) is 9.85. The van der Waals surface area contributed by atoms with E-state index in [9.17, 15) is 0 Å². The van der Waals surface area contributed by atoms with Gasteiger partial charge in [-0.2, -0.15) is 0 Å². The predicted molar refractivity (Wildman–Crippen MR) is 59.2 cm³/mol. The van der Waals surface area contributed by atoms with Crippen LogP contribution in [0.2, 0.25) is 5.02 Å². The lowest BCUT2D eigenvalue weighted by molar-refractivity contribution is 0.185. The highest BCUT2D eigenvalue weighted by atomic mass is 79.9. The molecule has 0 aliphatic carbocycles. The Bertz CT molecular complexity index is 286. The van der Waals surface area contributed by atoms with Crippen LogP contribution in [0.4, 0.5) is 0 Å². The lowest BCUT2D eigenvalue weighted by atomic mass is 10.1. The molecule has 0 amide bonds. The molecule has 1 aromatic rings. The molecule has 0 saturated heterocycles. The normalized spacial score (nSPS) is 12.9. The topological polar surface area (TPSA) is 20.2 Å². The van der Waals surface area contributed by atoms with Gasteiger partial charge in [-0.1, -0.05) is 33.6 Å². The van der Waals surface area contributed by atoms with Crippen LogP contribution in [-0.2, 0) is 6.42 Å². The van der Waals surface area contributed by atoms with Gasteiger partial charge in [-0.15, -0.1) is 0 Å². The second-order valence-corrected chi connectivity index (χ2v) is 4.41. The molecule has 0 bridgehead atoms. The number of aryl methyl sites for hydroxylation is 1. The van der Waals surface area contributed by atoms with Crippen molar-refractivity contribution in [1.82, 2.24) is 0 Å². The summed E-state index contributed by atoms with van der Waals surface area (Å²) in [5.74, 6) is 0. The zero-order valence-electron chi connectivity index (χ0n) is 7.43. The van der Waals surface area contributed by atoms with E-state index in [0.29, 0.717) is 0 Å². The first-order valence-corrected chi connectivity index (χ1v) is 5.38. The summed E-state index contributed by atoms with van der Waals surface area (Å²) in [5.41, 5.74) is 1.19. The molecule has 1 N–H and O–H groups in total. The second-order valence-electron chi connectivity index (χ2n) is 3.12. The van der Waals surface area contributed by atoms with Crippen molar-refractivity contribution in [2.24, 2.45) is 0 Å². The van der Waals surface area contributed by atoms with Crippen LogP contribution in [-0.4, -0.2) is 11.2 Å². The third-order valence-corrected chi connectivity index (χ3v) is 2.82. The van der Waals surface area contributed by atoms with Crippen LogP contribution in [0.1, 0.15) is 18.9 Å². The van der Waals surface area contributed by atoms with E-state index in [1.165, 1.54) is 5.56 Å². The first-order chi connectivity index (χ1) is 6.09. The smallest absolute Gasteiger partial charge is 0.0515 e. The number of aliphatic hydroxyl groups is 1. The Morgan fingerprint density at radius 2 is 2.23 bits per heavy atom. The number of hydrogen-bond acceptors (Lipinski definition) is 1. The van der Waals surface area contributed by atoms with Gasteiger partial charge < -0.3 is 5.11 Å². The zero-order valence-corrected chi connectivity index (χ0v) is 9.77. The van der Waals surface area contributed by atoms with Gasteiger partial charge in [0.25, 0.3) is 0 Å². The Kier molecular flexibility index (Phi) is 4.23. The molecular weight excluding hydrogens is 251 g/mol. The third-order valence-electron chi connectivity index (χ3n) is 1.85. The van der Waals surface area contributed by atoms with Gasteiger partial charge in [0, 0.05) is 9.50 Å². The van der Waals surface area contributed by atoms with Crippen LogP contribution >= 0.6 is 27.5 Å². The van der Waals surface area contributed by atoms with E-state index in [2.05, 4.69) is 15.9 Å². The van der Waals surface area contributed by atoms with E-state index in [4.69, 9.17) is 16.7 Å². The summed E-state index contributed by atoms with van der Waals surface area (Å²) >= 11 is 9.23. The highest BCUT2D eigenvalue weighted by Crippen LogP contribution is 2.22. The minimum Gasteiger partial charge on any atom is -0.393 e. The SMILES string of the molecule is CC(O)CCc1ccc(Cl)cc1Br. The Labute approximate surface area is 91.9 Å². The summed E-state index contributed by atoms with van der Waals surface area (Å²) in [4.78, 5) is 0. The van der Waals surface area contributed by atoms with Crippen LogP contribution in [0, 0.1) is 0 Å². The molecule has 0 fully saturated rings. The maximum atomic E-state index is 9.12. The van der Waals surface area contributed by atoms with Crippen LogP contribution in [0.25, 0.3) is 0 Å². The van der Waals surface area contributed by atoms with E-state index in [1.807, 2.05) is 18.2 Å². The summed E-state index contributed by atoms with van der Waals surface area (Å²) in [6.45, 7) is 1.80. The lowest BCUT2D eigenvalue weighted by Gasteiger charge is -2.06. The van der Waals surface area contributed by atoms with Crippen LogP contribution < -0.4 is 0 Å². The molecule has 13 heavy (non-hydrogen) atoms. The molecular formula is C10H12BrClO. The van der Waals surface area contributed by atoms with E-state index in [-0.39, 0.29) is 6.10 Å². The highest BCUT2D eigenvalue weighted by Gasteiger charge is 2.02. The lowest BCUT2D eigenvalue weighted by Crippen LogP contribution is -2.01. The molecule has 3 heteroatoms. The highest BCUT2D eigenvalue weighted by molar-refractivity contribution is 9.10. The van der Waals surface area contributed by atoms with Gasteiger partial charge in [0.2, 0.25) is 0 Å². The molecule has 1 aromatic carbocycles. The fraction of sp³-hybridized carbons (Fsp3) is 0.400. The van der Waals surface area contributed by atoms with Crippen molar-refractivity contribution in [2.75, 3.05) is 0 Å². The maximum absolute atomic E-state index is 9.12. The molecule has 0 aromatic heterocycles. The molecule has 1 atom stereocenters. The predicted octanol–water partition coefficient (Wildman–Crippen LogP) is 3.42. The van der Waals surface area contributed by atoms with Gasteiger partial charge in [-0.05, 0) is 37.5 Å². The molecule has 0 saturated carbocycles. The first kappa shape index (κ1) is 11.0. The van der Waals surface area contributed by atoms with Crippen molar-refractivity contribution in [1.29, 1.82) is 0 Å². The number of rotatable bonds is 3. The molecule has 1 nitrogen and oxygen atoms in total. The van der Waals surface area contributed by atoms with Crippen molar-refractivity contribution < 1.29 is 5.11 Å². The fourth-order valence-corrected chi connectivity index (χ4v) is 1.97. The molecule has 0 radical (unpaired) electrons. The largest absolute Gasteiger partial charge is 0.393 e. The number of benzene rings is 1. The van der Waals surface area contributed by atoms with Crippen molar-refractivity contribution in [3.05, 3.63) is 33.3 Å². The number of halogens is 2. The van der Waals surface area contributed by atoms with Gasteiger partial charge in [-0.25, -0.2) is 0 Å². The zero-order chi connectivity index (χ0) is 9.84. The Balaban J connectivity index is 2.67. The Morgan fingerprint density at radius 3 is 2.77 bits per heavy atom. The molecule has 0 aliphatic rings.